The van der Waals surface area contributed by atoms with Gasteiger partial charge in [-0.15, -0.1) is 0 Å². The summed E-state index contributed by atoms with van der Waals surface area (Å²) in [6.07, 6.45) is 4.71. The van der Waals surface area contributed by atoms with Crippen LogP contribution in [0.15, 0.2) is 12.2 Å². The molecule has 0 spiro atoms. The van der Waals surface area contributed by atoms with Crippen LogP contribution in [0.1, 0.15) is 45.4 Å². The molecule has 1 unspecified atom stereocenters. The lowest BCUT2D eigenvalue weighted by molar-refractivity contribution is -0.133. The van der Waals surface area contributed by atoms with Crippen LogP contribution in [0.25, 0.3) is 0 Å². The molecular formula is C11H20O3. The molecule has 0 heterocycles. The summed E-state index contributed by atoms with van der Waals surface area (Å²) in [6, 6.07) is 0. The number of aliphatic carboxylic acids is 1. The summed E-state index contributed by atoms with van der Waals surface area (Å²) < 4.78 is 0. The van der Waals surface area contributed by atoms with Crippen molar-refractivity contribution in [2.24, 2.45) is 0 Å². The minimum atomic E-state index is -1.02. The van der Waals surface area contributed by atoms with Crippen molar-refractivity contribution >= 4 is 5.97 Å². The maximum Gasteiger partial charge on any atom is 0.331 e. The van der Waals surface area contributed by atoms with Gasteiger partial charge >= 0.3 is 5.97 Å². The predicted molar refractivity (Wildman–Crippen MR) is 56.2 cm³/mol. The molecule has 0 radical (unpaired) electrons. The second-order valence-electron chi connectivity index (χ2n) is 3.62. The topological polar surface area (TPSA) is 57.5 Å². The van der Waals surface area contributed by atoms with Crippen LogP contribution in [0.4, 0.5) is 0 Å². The van der Waals surface area contributed by atoms with E-state index in [0.717, 1.165) is 19.3 Å². The Bertz CT molecular complexity index is 187. The number of aliphatic hydroxyl groups is 1. The molecule has 0 aromatic rings. The first-order chi connectivity index (χ1) is 6.57. The summed E-state index contributed by atoms with van der Waals surface area (Å²) in [5.41, 5.74) is 0.0907. The number of hydrogen-bond acceptors (Lipinski definition) is 2. The van der Waals surface area contributed by atoms with E-state index in [2.05, 4.69) is 13.5 Å². The molecule has 1 atom stereocenters. The van der Waals surface area contributed by atoms with Crippen molar-refractivity contribution in [1.29, 1.82) is 0 Å². The van der Waals surface area contributed by atoms with Crippen molar-refractivity contribution in [3.05, 3.63) is 12.2 Å². The van der Waals surface area contributed by atoms with Gasteiger partial charge in [0.15, 0.2) is 0 Å². The number of aliphatic hydroxyl groups excluding tert-OH is 1. The second kappa shape index (κ2) is 7.56. The van der Waals surface area contributed by atoms with E-state index in [9.17, 15) is 9.90 Å². The van der Waals surface area contributed by atoms with Gasteiger partial charge in [-0.05, 0) is 6.42 Å². The van der Waals surface area contributed by atoms with Gasteiger partial charge in [0, 0.05) is 12.0 Å². The van der Waals surface area contributed by atoms with Crippen molar-refractivity contribution in [3.63, 3.8) is 0 Å². The van der Waals surface area contributed by atoms with Crippen LogP contribution in [-0.2, 0) is 4.79 Å². The fraction of sp³-hybridized carbons (Fsp3) is 0.727. The maximum atomic E-state index is 10.4. The second-order valence-corrected chi connectivity index (χ2v) is 3.62. The molecule has 3 heteroatoms. The Morgan fingerprint density at radius 3 is 2.50 bits per heavy atom. The van der Waals surface area contributed by atoms with E-state index in [1.807, 2.05) is 0 Å². The summed E-state index contributed by atoms with van der Waals surface area (Å²) in [5.74, 6) is -1.02. The van der Waals surface area contributed by atoms with Crippen molar-refractivity contribution in [1.82, 2.24) is 0 Å². The lowest BCUT2D eigenvalue weighted by Gasteiger charge is -2.09. The van der Waals surface area contributed by atoms with Gasteiger partial charge in [-0.2, -0.15) is 0 Å². The molecule has 3 nitrogen and oxygen atoms in total. The van der Waals surface area contributed by atoms with E-state index >= 15 is 0 Å². The van der Waals surface area contributed by atoms with Gasteiger partial charge in [0.05, 0.1) is 6.10 Å². The molecule has 0 aliphatic rings. The molecule has 82 valence electrons. The molecule has 0 saturated carbocycles. The molecule has 0 fully saturated rings. The zero-order valence-corrected chi connectivity index (χ0v) is 8.83. The first kappa shape index (κ1) is 13.2. The third-order valence-electron chi connectivity index (χ3n) is 2.18. The Hall–Kier alpha value is -0.830. The SMILES string of the molecule is C=C(CC(O)CCCCCC)C(=O)O. The molecule has 0 aliphatic heterocycles. The Kier molecular flexibility index (Phi) is 7.11. The van der Waals surface area contributed by atoms with E-state index in [1.165, 1.54) is 6.42 Å². The lowest BCUT2D eigenvalue weighted by Crippen LogP contribution is -2.11. The van der Waals surface area contributed by atoms with Gasteiger partial charge in [0.25, 0.3) is 0 Å². The predicted octanol–water partition coefficient (Wildman–Crippen LogP) is 2.35. The van der Waals surface area contributed by atoms with Gasteiger partial charge in [0.1, 0.15) is 0 Å². The lowest BCUT2D eigenvalue weighted by atomic mass is 10.0. The highest BCUT2D eigenvalue weighted by Crippen LogP contribution is 2.11. The van der Waals surface area contributed by atoms with Gasteiger partial charge in [0.2, 0.25) is 0 Å². The zero-order chi connectivity index (χ0) is 11.0. The van der Waals surface area contributed by atoms with Gasteiger partial charge in [-0.25, -0.2) is 4.79 Å². The van der Waals surface area contributed by atoms with E-state index in [4.69, 9.17) is 5.11 Å². The van der Waals surface area contributed by atoms with Crippen molar-refractivity contribution in [2.75, 3.05) is 0 Å². The van der Waals surface area contributed by atoms with Crippen LogP contribution in [0.2, 0.25) is 0 Å². The molecule has 0 aromatic heterocycles. The Balaban J connectivity index is 3.50. The minimum Gasteiger partial charge on any atom is -0.478 e. The third kappa shape index (κ3) is 6.66. The molecule has 0 aromatic carbocycles. The van der Waals surface area contributed by atoms with Crippen molar-refractivity contribution in [3.8, 4) is 0 Å². The highest BCUT2D eigenvalue weighted by molar-refractivity contribution is 5.85. The number of carboxylic acids is 1. The standard InChI is InChI=1S/C11H20O3/c1-3-4-5-6-7-10(12)8-9(2)11(13)14/h10,12H,2-8H2,1H3,(H,13,14). The van der Waals surface area contributed by atoms with Crippen LogP contribution in [0.5, 0.6) is 0 Å². The molecule has 0 aliphatic carbocycles. The van der Waals surface area contributed by atoms with Crippen molar-refractivity contribution in [2.45, 2.75) is 51.6 Å². The van der Waals surface area contributed by atoms with Gasteiger partial charge in [-0.3, -0.25) is 0 Å². The molecule has 0 bridgehead atoms. The first-order valence-electron chi connectivity index (χ1n) is 5.17. The number of rotatable bonds is 8. The van der Waals surface area contributed by atoms with Crippen LogP contribution >= 0.6 is 0 Å². The molecule has 0 amide bonds. The molecule has 2 N–H and O–H groups in total. The quantitative estimate of drug-likeness (QED) is 0.467. The zero-order valence-electron chi connectivity index (χ0n) is 8.83. The fourth-order valence-corrected chi connectivity index (χ4v) is 1.28. The van der Waals surface area contributed by atoms with E-state index in [0.29, 0.717) is 6.42 Å². The third-order valence-corrected chi connectivity index (χ3v) is 2.18. The summed E-state index contributed by atoms with van der Waals surface area (Å²) in [5, 5.41) is 18.0. The molecular weight excluding hydrogens is 180 g/mol. The molecule has 0 saturated heterocycles. The minimum absolute atomic E-state index is 0.0907. The van der Waals surface area contributed by atoms with Gasteiger partial charge < -0.3 is 10.2 Å². The smallest absolute Gasteiger partial charge is 0.331 e. The number of unbranched alkanes of at least 4 members (excludes halogenated alkanes) is 3. The fourth-order valence-electron chi connectivity index (χ4n) is 1.28. The Morgan fingerprint density at radius 1 is 1.36 bits per heavy atom. The Morgan fingerprint density at radius 2 is 2.00 bits per heavy atom. The van der Waals surface area contributed by atoms with E-state index in [-0.39, 0.29) is 12.0 Å². The summed E-state index contributed by atoms with van der Waals surface area (Å²) in [7, 11) is 0. The highest BCUT2D eigenvalue weighted by atomic mass is 16.4. The maximum absolute atomic E-state index is 10.4. The molecule has 14 heavy (non-hydrogen) atoms. The van der Waals surface area contributed by atoms with Crippen LogP contribution in [0, 0.1) is 0 Å². The van der Waals surface area contributed by atoms with E-state index < -0.39 is 12.1 Å². The molecule has 0 rings (SSSR count). The van der Waals surface area contributed by atoms with Crippen molar-refractivity contribution < 1.29 is 15.0 Å². The summed E-state index contributed by atoms with van der Waals surface area (Å²) >= 11 is 0. The summed E-state index contributed by atoms with van der Waals surface area (Å²) in [4.78, 5) is 10.4. The largest absolute Gasteiger partial charge is 0.478 e. The monoisotopic (exact) mass is 200 g/mol. The van der Waals surface area contributed by atoms with Gasteiger partial charge in [-0.1, -0.05) is 39.2 Å². The van der Waals surface area contributed by atoms with Crippen LogP contribution in [0.3, 0.4) is 0 Å². The van der Waals surface area contributed by atoms with E-state index in [1.54, 1.807) is 0 Å². The Labute approximate surface area is 85.4 Å². The van der Waals surface area contributed by atoms with Crippen LogP contribution < -0.4 is 0 Å². The number of carboxylic acid groups (broad SMARTS) is 1. The highest BCUT2D eigenvalue weighted by Gasteiger charge is 2.10. The average Bonchev–Trinajstić information content (AvgIpc) is 2.12. The number of carbonyl (C=O) groups is 1. The number of hydrogen-bond donors (Lipinski definition) is 2. The average molecular weight is 200 g/mol. The summed E-state index contributed by atoms with van der Waals surface area (Å²) in [6.45, 7) is 5.51. The normalized spacial score (nSPS) is 12.4. The van der Waals surface area contributed by atoms with Crippen LogP contribution in [-0.4, -0.2) is 22.3 Å². The first-order valence-corrected chi connectivity index (χ1v) is 5.17.